The lowest BCUT2D eigenvalue weighted by Crippen LogP contribution is -2.12. The molecule has 2 aromatic heterocycles. The van der Waals surface area contributed by atoms with Gasteiger partial charge < -0.3 is 15.0 Å². The van der Waals surface area contributed by atoms with Crippen molar-refractivity contribution in [3.63, 3.8) is 0 Å². The molecule has 5 nitrogen and oxygen atoms in total. The summed E-state index contributed by atoms with van der Waals surface area (Å²) in [7, 11) is 1.56. The molecule has 0 aliphatic heterocycles. The van der Waals surface area contributed by atoms with Crippen molar-refractivity contribution in [3.8, 4) is 28.3 Å². The second-order valence-electron chi connectivity index (χ2n) is 11.3. The highest BCUT2D eigenvalue weighted by Crippen LogP contribution is 2.39. The molecule has 4 aromatic carbocycles. The molecule has 1 unspecified atom stereocenters. The second kappa shape index (κ2) is 11.4. The number of aromatic nitrogens is 3. The van der Waals surface area contributed by atoms with E-state index in [1.165, 1.54) is 17.2 Å². The minimum atomic E-state index is -0.312. The van der Waals surface area contributed by atoms with E-state index in [4.69, 9.17) is 9.84 Å². The van der Waals surface area contributed by atoms with Crippen LogP contribution in [0.5, 0.6) is 5.75 Å². The van der Waals surface area contributed by atoms with Crippen LogP contribution in [0, 0.1) is 11.7 Å². The zero-order valence-electron chi connectivity index (χ0n) is 24.2. The van der Waals surface area contributed by atoms with Crippen LogP contribution in [0.4, 0.5) is 4.39 Å². The molecule has 3 N–H and O–H groups in total. The van der Waals surface area contributed by atoms with Gasteiger partial charge >= 0.3 is 0 Å². The van der Waals surface area contributed by atoms with Crippen LogP contribution in [-0.2, 0) is 19.5 Å². The molecule has 0 amide bonds. The predicted octanol–water partition coefficient (Wildman–Crippen LogP) is 8.29. The van der Waals surface area contributed by atoms with Crippen molar-refractivity contribution in [3.05, 3.63) is 137 Å². The molecule has 1 atom stereocenters. The largest absolute Gasteiger partial charge is 0.497 e. The Morgan fingerprint density at radius 2 is 1.67 bits per heavy atom. The van der Waals surface area contributed by atoms with Crippen molar-refractivity contribution >= 4 is 16.5 Å². The fourth-order valence-electron chi connectivity index (χ4n) is 6.08. The maximum atomic E-state index is 14.4. The number of H-pyrrole nitrogens is 2. The van der Waals surface area contributed by atoms with Gasteiger partial charge in [-0.3, -0.25) is 5.10 Å². The number of halogens is 1. The Bertz CT molecular complexity index is 1950. The zero-order chi connectivity index (χ0) is 29.3. The van der Waals surface area contributed by atoms with E-state index in [-0.39, 0.29) is 5.82 Å². The Hall–Kier alpha value is -4.94. The van der Waals surface area contributed by atoms with E-state index in [1.54, 1.807) is 13.2 Å². The minimum Gasteiger partial charge on any atom is -0.497 e. The number of hydrogen-bond acceptors (Lipinski definition) is 3. The summed E-state index contributed by atoms with van der Waals surface area (Å²) in [6, 6.07) is 32.6. The highest BCUT2D eigenvalue weighted by Gasteiger charge is 2.23. The number of benzene rings is 4. The van der Waals surface area contributed by atoms with Crippen LogP contribution in [0.25, 0.3) is 39.0 Å². The number of nitrogens with one attached hydrogen (secondary N) is 3. The van der Waals surface area contributed by atoms with Gasteiger partial charge in [0, 0.05) is 35.8 Å². The standard InChI is InChI=1S/C37H33FN4O/c1-23-13-31(28-16-29(38)19-30(17-28)43-2)32-20-36(40-35(32)14-23)37-33-18-27(11-12-34(33)41-42-37)26-10-6-9-25(15-26)22-39-21-24-7-4-3-5-8-24/h3-13,15-20,23,39-40H,14,21-22H2,1-2H3,(H,41,42). The zero-order valence-corrected chi connectivity index (χ0v) is 24.2. The summed E-state index contributed by atoms with van der Waals surface area (Å²) in [6.45, 7) is 3.81. The summed E-state index contributed by atoms with van der Waals surface area (Å²) >= 11 is 0. The SMILES string of the molecule is COc1cc(F)cc(C2=CC(C)Cc3[nH]c(-c4n[nH]c5ccc(-c6cccc(CNCc7ccccc7)c6)cc45)cc32)c1. The Labute approximate surface area is 250 Å². The molecule has 6 heteroatoms. The summed E-state index contributed by atoms with van der Waals surface area (Å²) in [6.07, 6.45) is 3.10. The highest BCUT2D eigenvalue weighted by atomic mass is 19.1. The number of ether oxygens (including phenoxy) is 1. The minimum absolute atomic E-state index is 0.306. The van der Waals surface area contributed by atoms with Crippen LogP contribution >= 0.6 is 0 Å². The molecule has 0 bridgehead atoms. The molecule has 0 spiro atoms. The van der Waals surface area contributed by atoms with Crippen molar-refractivity contribution in [1.29, 1.82) is 0 Å². The third-order valence-corrected chi connectivity index (χ3v) is 8.16. The molecule has 214 valence electrons. The van der Waals surface area contributed by atoms with Crippen LogP contribution < -0.4 is 10.1 Å². The lowest BCUT2D eigenvalue weighted by atomic mass is 9.86. The van der Waals surface area contributed by atoms with Crippen molar-refractivity contribution in [2.24, 2.45) is 5.92 Å². The van der Waals surface area contributed by atoms with Crippen molar-refractivity contribution in [2.75, 3.05) is 7.11 Å². The van der Waals surface area contributed by atoms with Gasteiger partial charge in [0.15, 0.2) is 0 Å². The Morgan fingerprint density at radius 3 is 2.53 bits per heavy atom. The van der Waals surface area contributed by atoms with Gasteiger partial charge in [-0.25, -0.2) is 4.39 Å². The topological polar surface area (TPSA) is 65.7 Å². The number of hydrogen-bond donors (Lipinski definition) is 3. The van der Waals surface area contributed by atoms with Crippen LogP contribution in [-0.4, -0.2) is 22.3 Å². The Kier molecular flexibility index (Phi) is 7.13. The van der Waals surface area contributed by atoms with Crippen LogP contribution in [0.3, 0.4) is 0 Å². The van der Waals surface area contributed by atoms with Crippen molar-refractivity contribution < 1.29 is 9.13 Å². The lowest BCUT2D eigenvalue weighted by Gasteiger charge is -2.19. The molecular formula is C37H33FN4O. The van der Waals surface area contributed by atoms with Gasteiger partial charge in [-0.05, 0) is 82.1 Å². The predicted molar refractivity (Wildman–Crippen MR) is 171 cm³/mol. The molecule has 1 aliphatic rings. The van der Waals surface area contributed by atoms with Gasteiger partial charge in [-0.1, -0.05) is 67.6 Å². The van der Waals surface area contributed by atoms with E-state index in [0.29, 0.717) is 11.7 Å². The number of methoxy groups -OCH3 is 1. The average Bonchev–Trinajstić information content (AvgIpc) is 3.64. The molecule has 6 aromatic rings. The number of nitrogens with zero attached hydrogens (tertiary/aromatic N) is 1. The van der Waals surface area contributed by atoms with E-state index in [1.807, 2.05) is 12.1 Å². The average molecular weight is 569 g/mol. The van der Waals surface area contributed by atoms with E-state index in [9.17, 15) is 4.39 Å². The number of aromatic amines is 2. The molecule has 2 heterocycles. The highest BCUT2D eigenvalue weighted by molar-refractivity contribution is 5.96. The first-order chi connectivity index (χ1) is 21.0. The first kappa shape index (κ1) is 26.9. The Balaban J connectivity index is 1.19. The third kappa shape index (κ3) is 5.49. The maximum Gasteiger partial charge on any atom is 0.127 e. The lowest BCUT2D eigenvalue weighted by molar-refractivity contribution is 0.411. The fraction of sp³-hybridized carbons (Fsp3) is 0.162. The quantitative estimate of drug-likeness (QED) is 0.173. The monoisotopic (exact) mass is 568 g/mol. The van der Waals surface area contributed by atoms with Crippen molar-refractivity contribution in [2.45, 2.75) is 26.4 Å². The van der Waals surface area contributed by atoms with Gasteiger partial charge in [-0.15, -0.1) is 0 Å². The summed E-state index contributed by atoms with van der Waals surface area (Å²) in [5.74, 6) is 0.501. The summed E-state index contributed by atoms with van der Waals surface area (Å²) < 4.78 is 19.8. The second-order valence-corrected chi connectivity index (χ2v) is 11.3. The number of allylic oxidation sites excluding steroid dienone is 1. The van der Waals surface area contributed by atoms with Crippen LogP contribution in [0.2, 0.25) is 0 Å². The van der Waals surface area contributed by atoms with Gasteiger partial charge in [0.05, 0.1) is 18.3 Å². The van der Waals surface area contributed by atoms with Crippen molar-refractivity contribution in [1.82, 2.24) is 20.5 Å². The molecule has 0 fully saturated rings. The number of fused-ring (bicyclic) bond motifs is 2. The van der Waals surface area contributed by atoms with Gasteiger partial charge in [0.25, 0.3) is 0 Å². The van der Waals surface area contributed by atoms with Crippen LogP contribution in [0.15, 0.2) is 103 Å². The molecule has 0 radical (unpaired) electrons. The van der Waals surface area contributed by atoms with E-state index >= 15 is 0 Å². The first-order valence-electron chi connectivity index (χ1n) is 14.7. The summed E-state index contributed by atoms with van der Waals surface area (Å²) in [5.41, 5.74) is 11.6. The smallest absolute Gasteiger partial charge is 0.127 e. The van der Waals surface area contributed by atoms with Gasteiger partial charge in [0.2, 0.25) is 0 Å². The maximum absolute atomic E-state index is 14.4. The van der Waals surface area contributed by atoms with Gasteiger partial charge in [0.1, 0.15) is 17.3 Å². The van der Waals surface area contributed by atoms with Gasteiger partial charge in [-0.2, -0.15) is 5.10 Å². The molecule has 7 rings (SSSR count). The Morgan fingerprint density at radius 1 is 0.860 bits per heavy atom. The van der Waals surface area contributed by atoms with E-state index in [0.717, 1.165) is 75.3 Å². The number of rotatable bonds is 8. The van der Waals surface area contributed by atoms with Crippen LogP contribution in [0.1, 0.15) is 34.9 Å². The molecule has 1 aliphatic carbocycles. The summed E-state index contributed by atoms with van der Waals surface area (Å²) in [4.78, 5) is 3.65. The fourth-order valence-corrected chi connectivity index (χ4v) is 6.08. The van der Waals surface area contributed by atoms with E-state index in [2.05, 4.69) is 101 Å². The molecule has 43 heavy (non-hydrogen) atoms. The normalized spacial score (nSPS) is 14.5. The molecule has 0 saturated heterocycles. The third-order valence-electron chi connectivity index (χ3n) is 8.16. The first-order valence-corrected chi connectivity index (χ1v) is 14.7. The summed E-state index contributed by atoms with van der Waals surface area (Å²) in [5, 5.41) is 12.5. The molecule has 0 saturated carbocycles. The molecular weight excluding hydrogens is 535 g/mol. The van der Waals surface area contributed by atoms with E-state index < -0.39 is 0 Å².